The van der Waals surface area contributed by atoms with E-state index in [0.717, 1.165) is 5.69 Å². The van der Waals surface area contributed by atoms with Crippen LogP contribution in [0.25, 0.3) is 0 Å². The van der Waals surface area contributed by atoms with Crippen LogP contribution in [0, 0.1) is 0 Å². The SMILES string of the molecule is CCN(C(=O)c1ccc(NC(=O)c2ccco2)s1)c1ccccc1. The Morgan fingerprint density at radius 3 is 2.54 bits per heavy atom. The molecular formula is C18H16N2O3S. The number of carbonyl (C=O) groups is 2. The van der Waals surface area contributed by atoms with Crippen LogP contribution >= 0.6 is 11.3 Å². The van der Waals surface area contributed by atoms with Gasteiger partial charge < -0.3 is 14.6 Å². The minimum atomic E-state index is -0.337. The molecule has 0 atom stereocenters. The summed E-state index contributed by atoms with van der Waals surface area (Å²) in [7, 11) is 0. The van der Waals surface area contributed by atoms with Gasteiger partial charge in [0.2, 0.25) is 0 Å². The summed E-state index contributed by atoms with van der Waals surface area (Å²) in [6.07, 6.45) is 1.44. The summed E-state index contributed by atoms with van der Waals surface area (Å²) in [6.45, 7) is 2.49. The van der Waals surface area contributed by atoms with E-state index in [-0.39, 0.29) is 17.6 Å². The van der Waals surface area contributed by atoms with Crippen LogP contribution < -0.4 is 10.2 Å². The van der Waals surface area contributed by atoms with E-state index in [1.54, 1.807) is 29.2 Å². The zero-order valence-electron chi connectivity index (χ0n) is 13.1. The molecule has 0 saturated heterocycles. The van der Waals surface area contributed by atoms with Crippen LogP contribution in [-0.4, -0.2) is 18.4 Å². The number of thiophene rings is 1. The Kier molecular flexibility index (Phi) is 4.77. The van der Waals surface area contributed by atoms with Gasteiger partial charge in [0.1, 0.15) is 0 Å². The maximum atomic E-state index is 12.7. The molecule has 0 aliphatic carbocycles. The predicted octanol–water partition coefficient (Wildman–Crippen LogP) is 4.26. The van der Waals surface area contributed by atoms with Crippen LogP contribution in [0.1, 0.15) is 27.2 Å². The summed E-state index contributed by atoms with van der Waals surface area (Å²) in [5.41, 5.74) is 0.847. The number of para-hydroxylation sites is 1. The molecule has 2 aromatic heterocycles. The maximum absolute atomic E-state index is 12.7. The minimum absolute atomic E-state index is 0.0906. The number of nitrogens with one attached hydrogen (secondary N) is 1. The van der Waals surface area contributed by atoms with Gasteiger partial charge in [-0.25, -0.2) is 0 Å². The van der Waals surface area contributed by atoms with Gasteiger partial charge in [0, 0.05) is 12.2 Å². The first-order valence-corrected chi connectivity index (χ1v) is 8.32. The van der Waals surface area contributed by atoms with Crippen molar-refractivity contribution in [3.8, 4) is 0 Å². The van der Waals surface area contributed by atoms with E-state index in [9.17, 15) is 9.59 Å². The number of amides is 2. The fraction of sp³-hybridized carbons (Fsp3) is 0.111. The number of hydrogen-bond donors (Lipinski definition) is 1. The number of rotatable bonds is 5. The average molecular weight is 340 g/mol. The lowest BCUT2D eigenvalue weighted by molar-refractivity contribution is 0.0986. The van der Waals surface area contributed by atoms with Crippen LogP contribution in [0.15, 0.2) is 65.3 Å². The van der Waals surface area contributed by atoms with E-state index >= 15 is 0 Å². The number of hydrogen-bond acceptors (Lipinski definition) is 4. The standard InChI is InChI=1S/C18H16N2O3S/c1-2-20(13-7-4-3-5-8-13)18(22)15-10-11-16(24-15)19-17(21)14-9-6-12-23-14/h3-12H,2H2,1H3,(H,19,21). The zero-order valence-corrected chi connectivity index (χ0v) is 13.9. The molecule has 0 aliphatic heterocycles. The first kappa shape index (κ1) is 16.0. The van der Waals surface area contributed by atoms with Gasteiger partial charge in [-0.05, 0) is 43.3 Å². The van der Waals surface area contributed by atoms with Crippen molar-refractivity contribution in [3.63, 3.8) is 0 Å². The molecule has 6 heteroatoms. The second kappa shape index (κ2) is 7.14. The summed E-state index contributed by atoms with van der Waals surface area (Å²) in [4.78, 5) is 26.9. The monoisotopic (exact) mass is 340 g/mol. The Labute approximate surface area is 143 Å². The van der Waals surface area contributed by atoms with Crippen molar-refractivity contribution in [2.24, 2.45) is 0 Å². The van der Waals surface area contributed by atoms with Gasteiger partial charge in [-0.3, -0.25) is 9.59 Å². The number of carbonyl (C=O) groups excluding carboxylic acids is 2. The lowest BCUT2D eigenvalue weighted by atomic mass is 10.2. The van der Waals surface area contributed by atoms with E-state index in [2.05, 4.69) is 5.32 Å². The van der Waals surface area contributed by atoms with E-state index in [1.807, 2.05) is 37.3 Å². The molecule has 0 radical (unpaired) electrons. The van der Waals surface area contributed by atoms with Crippen molar-refractivity contribution in [1.82, 2.24) is 0 Å². The summed E-state index contributed by atoms with van der Waals surface area (Å²) in [5, 5.41) is 3.33. The normalized spacial score (nSPS) is 10.4. The van der Waals surface area contributed by atoms with Crippen molar-refractivity contribution < 1.29 is 14.0 Å². The van der Waals surface area contributed by atoms with Gasteiger partial charge in [-0.1, -0.05) is 18.2 Å². The first-order valence-electron chi connectivity index (χ1n) is 7.50. The third-order valence-electron chi connectivity index (χ3n) is 3.43. The van der Waals surface area contributed by atoms with E-state index < -0.39 is 0 Å². The number of nitrogens with zero attached hydrogens (tertiary/aromatic N) is 1. The van der Waals surface area contributed by atoms with Crippen LogP contribution in [0.5, 0.6) is 0 Å². The highest BCUT2D eigenvalue weighted by atomic mass is 32.1. The Morgan fingerprint density at radius 2 is 1.88 bits per heavy atom. The molecule has 2 heterocycles. The van der Waals surface area contributed by atoms with Crippen LogP contribution in [0.3, 0.4) is 0 Å². The maximum Gasteiger partial charge on any atom is 0.291 e. The lowest BCUT2D eigenvalue weighted by Gasteiger charge is -2.20. The highest BCUT2D eigenvalue weighted by Crippen LogP contribution is 2.26. The molecule has 0 fully saturated rings. The van der Waals surface area contributed by atoms with Gasteiger partial charge >= 0.3 is 0 Å². The molecule has 122 valence electrons. The summed E-state index contributed by atoms with van der Waals surface area (Å²) in [6, 6.07) is 16.2. The summed E-state index contributed by atoms with van der Waals surface area (Å²) in [5.74, 6) is -0.195. The molecule has 0 aliphatic rings. The average Bonchev–Trinajstić information content (AvgIpc) is 3.28. The van der Waals surface area contributed by atoms with Crippen molar-refractivity contribution in [1.29, 1.82) is 0 Å². The summed E-state index contributed by atoms with van der Waals surface area (Å²) < 4.78 is 5.05. The molecule has 0 unspecified atom stereocenters. The Hall–Kier alpha value is -2.86. The molecule has 0 spiro atoms. The topological polar surface area (TPSA) is 62.6 Å². The van der Waals surface area contributed by atoms with E-state index in [4.69, 9.17) is 4.42 Å². The molecular weight excluding hydrogens is 324 g/mol. The fourth-order valence-electron chi connectivity index (χ4n) is 2.29. The van der Waals surface area contributed by atoms with Crippen LogP contribution in [-0.2, 0) is 0 Å². The predicted molar refractivity (Wildman–Crippen MR) is 94.8 cm³/mol. The van der Waals surface area contributed by atoms with Crippen molar-refractivity contribution >= 4 is 33.8 Å². The molecule has 3 rings (SSSR count). The minimum Gasteiger partial charge on any atom is -0.459 e. The van der Waals surface area contributed by atoms with Gasteiger partial charge in [0.15, 0.2) is 5.76 Å². The highest BCUT2D eigenvalue weighted by Gasteiger charge is 2.19. The molecule has 1 aromatic carbocycles. The smallest absolute Gasteiger partial charge is 0.291 e. The molecule has 0 bridgehead atoms. The Balaban J connectivity index is 1.74. The van der Waals surface area contributed by atoms with Gasteiger partial charge in [-0.2, -0.15) is 0 Å². The van der Waals surface area contributed by atoms with Gasteiger partial charge in [0.05, 0.1) is 16.1 Å². The second-order valence-corrected chi connectivity index (χ2v) is 6.06. The van der Waals surface area contributed by atoms with E-state index in [1.165, 1.54) is 17.6 Å². The Bertz CT molecular complexity index is 825. The molecule has 3 aromatic rings. The summed E-state index contributed by atoms with van der Waals surface area (Å²) >= 11 is 1.24. The van der Waals surface area contributed by atoms with Gasteiger partial charge in [0.25, 0.3) is 11.8 Å². The Morgan fingerprint density at radius 1 is 1.08 bits per heavy atom. The first-order chi connectivity index (χ1) is 11.7. The van der Waals surface area contributed by atoms with Crippen molar-refractivity contribution in [3.05, 3.63) is 71.5 Å². The van der Waals surface area contributed by atoms with Crippen molar-refractivity contribution in [2.45, 2.75) is 6.92 Å². The number of benzene rings is 1. The second-order valence-electron chi connectivity index (χ2n) is 4.98. The molecule has 0 saturated carbocycles. The highest BCUT2D eigenvalue weighted by molar-refractivity contribution is 7.18. The lowest BCUT2D eigenvalue weighted by Crippen LogP contribution is -2.29. The third kappa shape index (κ3) is 3.38. The van der Waals surface area contributed by atoms with E-state index in [0.29, 0.717) is 16.4 Å². The van der Waals surface area contributed by atoms with Crippen molar-refractivity contribution in [2.75, 3.05) is 16.8 Å². The number of furan rings is 1. The zero-order chi connectivity index (χ0) is 16.9. The third-order valence-corrected chi connectivity index (χ3v) is 4.42. The van der Waals surface area contributed by atoms with Gasteiger partial charge in [-0.15, -0.1) is 11.3 Å². The molecule has 24 heavy (non-hydrogen) atoms. The number of anilines is 2. The fourth-order valence-corrected chi connectivity index (χ4v) is 3.14. The van der Waals surface area contributed by atoms with Crippen LogP contribution in [0.2, 0.25) is 0 Å². The molecule has 1 N–H and O–H groups in total. The quantitative estimate of drug-likeness (QED) is 0.755. The molecule has 2 amide bonds. The van der Waals surface area contributed by atoms with Crippen LogP contribution in [0.4, 0.5) is 10.7 Å². The molecule has 5 nitrogen and oxygen atoms in total. The largest absolute Gasteiger partial charge is 0.459 e.